The lowest BCUT2D eigenvalue weighted by atomic mass is 9.92. The highest BCUT2D eigenvalue weighted by molar-refractivity contribution is 5.97. The minimum Gasteiger partial charge on any atom is -0.339 e. The molecule has 2 aromatic rings. The summed E-state index contributed by atoms with van der Waals surface area (Å²) in [6, 6.07) is 1.92. The van der Waals surface area contributed by atoms with Gasteiger partial charge in [0.25, 0.3) is 5.91 Å². The zero-order chi connectivity index (χ0) is 18.5. The number of aromatic amines is 1. The number of rotatable bonds is 7. The molecule has 3 heterocycles. The molecule has 0 atom stereocenters. The Morgan fingerprint density at radius 2 is 2.04 bits per heavy atom. The van der Waals surface area contributed by atoms with E-state index in [1.807, 2.05) is 17.9 Å². The summed E-state index contributed by atoms with van der Waals surface area (Å²) < 4.78 is 0. The lowest BCUT2D eigenvalue weighted by Crippen LogP contribution is -2.38. The molecular formula is C20H31N5O. The zero-order valence-corrected chi connectivity index (χ0v) is 16.3. The van der Waals surface area contributed by atoms with Crippen LogP contribution in [0.25, 0.3) is 11.0 Å². The summed E-state index contributed by atoms with van der Waals surface area (Å²) in [5.41, 5.74) is 2.29. The van der Waals surface area contributed by atoms with E-state index in [9.17, 15) is 4.79 Å². The molecule has 0 aromatic carbocycles. The first-order chi connectivity index (χ1) is 12.6. The molecule has 6 nitrogen and oxygen atoms in total. The van der Waals surface area contributed by atoms with Crippen LogP contribution in [0.4, 0.5) is 0 Å². The first-order valence-corrected chi connectivity index (χ1v) is 9.94. The molecule has 0 aliphatic carbocycles. The van der Waals surface area contributed by atoms with E-state index in [2.05, 4.69) is 33.9 Å². The SMILES string of the molecule is CCN(CC)CCCC1CCN(C(=O)c2cnc3n[nH]c(C)c3c2)CC1. The number of piperidine rings is 1. The minimum atomic E-state index is 0.0987. The van der Waals surface area contributed by atoms with E-state index in [0.717, 1.165) is 56.0 Å². The van der Waals surface area contributed by atoms with Crippen LogP contribution >= 0.6 is 0 Å². The lowest BCUT2D eigenvalue weighted by molar-refractivity contribution is 0.0684. The molecule has 142 valence electrons. The van der Waals surface area contributed by atoms with Gasteiger partial charge >= 0.3 is 0 Å². The molecule has 1 aliphatic heterocycles. The number of amides is 1. The summed E-state index contributed by atoms with van der Waals surface area (Å²) in [4.78, 5) is 21.6. The molecule has 1 amide bonds. The maximum absolute atomic E-state index is 12.8. The average Bonchev–Trinajstić information content (AvgIpc) is 3.05. The first-order valence-electron chi connectivity index (χ1n) is 9.94. The number of nitrogens with zero attached hydrogens (tertiary/aromatic N) is 4. The lowest BCUT2D eigenvalue weighted by Gasteiger charge is -2.32. The van der Waals surface area contributed by atoms with Gasteiger partial charge in [0.1, 0.15) is 0 Å². The van der Waals surface area contributed by atoms with Crippen LogP contribution in [0.1, 0.15) is 55.6 Å². The predicted octanol–water partition coefficient (Wildman–Crippen LogP) is 3.24. The van der Waals surface area contributed by atoms with Gasteiger partial charge in [-0.3, -0.25) is 9.89 Å². The molecule has 26 heavy (non-hydrogen) atoms. The number of pyridine rings is 1. The highest BCUT2D eigenvalue weighted by Crippen LogP contribution is 2.24. The number of aromatic nitrogens is 3. The molecule has 3 rings (SSSR count). The molecule has 1 fully saturated rings. The summed E-state index contributed by atoms with van der Waals surface area (Å²) in [5, 5.41) is 7.99. The zero-order valence-electron chi connectivity index (χ0n) is 16.3. The topological polar surface area (TPSA) is 65.1 Å². The van der Waals surface area contributed by atoms with Crippen molar-refractivity contribution in [3.05, 3.63) is 23.5 Å². The Kier molecular flexibility index (Phi) is 6.25. The molecule has 0 unspecified atom stereocenters. The van der Waals surface area contributed by atoms with Crippen molar-refractivity contribution in [2.75, 3.05) is 32.7 Å². The van der Waals surface area contributed by atoms with Crippen molar-refractivity contribution in [2.45, 2.75) is 46.5 Å². The second kappa shape index (κ2) is 8.62. The first kappa shape index (κ1) is 18.8. The molecule has 6 heteroatoms. The highest BCUT2D eigenvalue weighted by Gasteiger charge is 2.24. The standard InChI is InChI=1S/C20H31N5O/c1-4-24(5-2)10-6-7-16-8-11-25(12-9-16)20(26)17-13-18-15(3)22-23-19(18)21-14-17/h13-14,16H,4-12H2,1-3H3,(H,21,22,23). The van der Waals surface area contributed by atoms with Crippen molar-refractivity contribution in [3.8, 4) is 0 Å². The summed E-state index contributed by atoms with van der Waals surface area (Å²) in [5.74, 6) is 0.855. The second-order valence-electron chi connectivity index (χ2n) is 7.35. The molecular weight excluding hydrogens is 326 g/mol. The third kappa shape index (κ3) is 4.23. The van der Waals surface area contributed by atoms with Crippen molar-refractivity contribution in [1.82, 2.24) is 25.0 Å². The molecule has 0 spiro atoms. The minimum absolute atomic E-state index is 0.0987. The number of carbonyl (C=O) groups excluding carboxylic acids is 1. The maximum atomic E-state index is 12.8. The molecule has 1 aliphatic rings. The number of carbonyl (C=O) groups is 1. The van der Waals surface area contributed by atoms with Crippen molar-refractivity contribution in [1.29, 1.82) is 0 Å². The Bertz CT molecular complexity index is 729. The Balaban J connectivity index is 1.50. The number of nitrogens with one attached hydrogen (secondary N) is 1. The highest BCUT2D eigenvalue weighted by atomic mass is 16.2. The van der Waals surface area contributed by atoms with Gasteiger partial charge in [0.15, 0.2) is 5.65 Å². The summed E-state index contributed by atoms with van der Waals surface area (Å²) >= 11 is 0. The summed E-state index contributed by atoms with van der Waals surface area (Å²) in [6.07, 6.45) is 6.43. The van der Waals surface area contributed by atoms with E-state index in [1.165, 1.54) is 19.4 Å². The maximum Gasteiger partial charge on any atom is 0.255 e. The van der Waals surface area contributed by atoms with E-state index in [-0.39, 0.29) is 5.91 Å². The van der Waals surface area contributed by atoms with Crippen LogP contribution in [0.5, 0.6) is 0 Å². The monoisotopic (exact) mass is 357 g/mol. The van der Waals surface area contributed by atoms with E-state index in [1.54, 1.807) is 6.20 Å². The molecule has 1 N–H and O–H groups in total. The normalized spacial score (nSPS) is 15.9. The quantitative estimate of drug-likeness (QED) is 0.826. The van der Waals surface area contributed by atoms with Crippen LogP contribution in [0, 0.1) is 12.8 Å². The smallest absolute Gasteiger partial charge is 0.255 e. The number of hydrogen-bond donors (Lipinski definition) is 1. The van der Waals surface area contributed by atoms with Crippen molar-refractivity contribution in [2.24, 2.45) is 5.92 Å². The number of likely N-dealkylation sites (tertiary alicyclic amines) is 1. The number of aryl methyl sites for hydroxylation is 1. The third-order valence-corrected chi connectivity index (χ3v) is 5.73. The Labute approximate surface area is 156 Å². The average molecular weight is 358 g/mol. The van der Waals surface area contributed by atoms with Crippen LogP contribution in [0.3, 0.4) is 0 Å². The Hall–Kier alpha value is -1.95. The number of hydrogen-bond acceptors (Lipinski definition) is 4. The fraction of sp³-hybridized carbons (Fsp3) is 0.650. The Morgan fingerprint density at radius 3 is 2.73 bits per heavy atom. The fourth-order valence-corrected chi connectivity index (χ4v) is 3.89. The van der Waals surface area contributed by atoms with Crippen LogP contribution in [-0.4, -0.2) is 63.6 Å². The Morgan fingerprint density at radius 1 is 1.31 bits per heavy atom. The van der Waals surface area contributed by atoms with E-state index < -0.39 is 0 Å². The van der Waals surface area contributed by atoms with E-state index in [4.69, 9.17) is 0 Å². The van der Waals surface area contributed by atoms with Gasteiger partial charge in [-0.25, -0.2) is 4.98 Å². The molecule has 0 saturated carbocycles. The van der Waals surface area contributed by atoms with Gasteiger partial charge in [-0.2, -0.15) is 5.10 Å². The number of H-pyrrole nitrogens is 1. The fourth-order valence-electron chi connectivity index (χ4n) is 3.89. The molecule has 1 saturated heterocycles. The van der Waals surface area contributed by atoms with E-state index >= 15 is 0 Å². The second-order valence-corrected chi connectivity index (χ2v) is 7.35. The van der Waals surface area contributed by atoms with Gasteiger partial charge in [-0.05, 0) is 64.2 Å². The largest absolute Gasteiger partial charge is 0.339 e. The van der Waals surface area contributed by atoms with Crippen LogP contribution < -0.4 is 0 Å². The van der Waals surface area contributed by atoms with Gasteiger partial charge < -0.3 is 9.80 Å². The van der Waals surface area contributed by atoms with Gasteiger partial charge in [-0.1, -0.05) is 13.8 Å². The predicted molar refractivity (Wildman–Crippen MR) is 104 cm³/mol. The number of fused-ring (bicyclic) bond motifs is 1. The summed E-state index contributed by atoms with van der Waals surface area (Å²) in [7, 11) is 0. The molecule has 0 radical (unpaired) electrons. The van der Waals surface area contributed by atoms with Crippen molar-refractivity contribution in [3.63, 3.8) is 0 Å². The van der Waals surface area contributed by atoms with E-state index in [0.29, 0.717) is 11.2 Å². The van der Waals surface area contributed by atoms with Crippen LogP contribution in [0.2, 0.25) is 0 Å². The van der Waals surface area contributed by atoms with Gasteiger partial charge in [0, 0.05) is 30.4 Å². The van der Waals surface area contributed by atoms with Crippen LogP contribution in [0.15, 0.2) is 12.3 Å². The third-order valence-electron chi connectivity index (χ3n) is 5.73. The van der Waals surface area contributed by atoms with Gasteiger partial charge in [-0.15, -0.1) is 0 Å². The van der Waals surface area contributed by atoms with Crippen molar-refractivity contribution >= 4 is 16.9 Å². The van der Waals surface area contributed by atoms with Crippen molar-refractivity contribution < 1.29 is 4.79 Å². The summed E-state index contributed by atoms with van der Waals surface area (Å²) in [6.45, 7) is 11.6. The van der Waals surface area contributed by atoms with Crippen LogP contribution in [-0.2, 0) is 0 Å². The molecule has 0 bridgehead atoms. The van der Waals surface area contributed by atoms with Gasteiger partial charge in [0.2, 0.25) is 0 Å². The van der Waals surface area contributed by atoms with Gasteiger partial charge in [0.05, 0.1) is 5.56 Å². The molecule has 2 aromatic heterocycles.